The highest BCUT2D eigenvalue weighted by Crippen LogP contribution is 2.54. The number of nitrogens with zero attached hydrogens (tertiary/aromatic N) is 3. The minimum absolute atomic E-state index is 0.218. The van der Waals surface area contributed by atoms with Gasteiger partial charge in [0.25, 0.3) is 0 Å². The first-order valence-corrected chi connectivity index (χ1v) is 25.0. The molecule has 2 aliphatic rings. The largest absolute Gasteiger partial charge is 0.351 e. The Bertz CT molecular complexity index is 4010. The molecule has 0 amide bonds. The smallest absolute Gasteiger partial charge is 0.0541 e. The minimum Gasteiger partial charge on any atom is -0.351 e. The van der Waals surface area contributed by atoms with Crippen LogP contribution in [-0.4, -0.2) is 9.13 Å². The Hall–Kier alpha value is -8.40. The number of anilines is 3. The third-order valence-corrected chi connectivity index (χ3v) is 15.8. The summed E-state index contributed by atoms with van der Waals surface area (Å²) in [5.74, 6) is 0. The fraction of sp³-hybridized carbons (Fsp3) is 0.118. The van der Waals surface area contributed by atoms with Gasteiger partial charge >= 0.3 is 0 Å². The molecule has 0 unspecified atom stereocenters. The van der Waals surface area contributed by atoms with E-state index < -0.39 is 0 Å². The summed E-state index contributed by atoms with van der Waals surface area (Å²) in [6, 6.07) is 81.5. The Morgan fingerprint density at radius 2 is 0.859 bits per heavy atom. The molecule has 3 nitrogen and oxygen atoms in total. The van der Waals surface area contributed by atoms with Crippen LogP contribution in [0, 0.1) is 6.92 Å². The second kappa shape index (κ2) is 16.1. The highest BCUT2D eigenvalue weighted by molar-refractivity contribution is 6.10. The molecule has 3 heteroatoms. The van der Waals surface area contributed by atoms with Crippen LogP contribution in [0.2, 0.25) is 0 Å². The SMILES string of the molecule is Cc1ccc(N(c2ccc3c(c2)C(C)(C)c2cc(-c4cccn(C)c5ccccc5cc4)ccc2-3)c2ccc3c(c2)C(C)(C)c2cc(-c4ccc5c(c4)c4ccccc4n5-c4ccccc4)ccc2-3)cc1. The van der Waals surface area contributed by atoms with Gasteiger partial charge in [-0.3, -0.25) is 0 Å². The number of benzene rings is 9. The van der Waals surface area contributed by atoms with Gasteiger partial charge in [0.1, 0.15) is 0 Å². The van der Waals surface area contributed by atoms with Crippen molar-refractivity contribution in [3.63, 3.8) is 0 Å². The van der Waals surface area contributed by atoms with E-state index in [9.17, 15) is 0 Å². The molecule has 0 fully saturated rings. The summed E-state index contributed by atoms with van der Waals surface area (Å²) >= 11 is 0. The van der Waals surface area contributed by atoms with E-state index in [1.165, 1.54) is 111 Å². The molecule has 11 aromatic rings. The van der Waals surface area contributed by atoms with E-state index in [0.29, 0.717) is 0 Å². The Kier molecular flexibility index (Phi) is 9.67. The normalized spacial score (nSPS) is 13.7. The van der Waals surface area contributed by atoms with Gasteiger partial charge in [-0.05, 0) is 170 Å². The number of hydrogen-bond donors (Lipinski definition) is 0. The van der Waals surface area contributed by atoms with Crippen molar-refractivity contribution in [3.05, 3.63) is 252 Å². The molecule has 13 rings (SSSR count). The van der Waals surface area contributed by atoms with Crippen molar-refractivity contribution in [2.75, 3.05) is 4.90 Å². The predicted molar refractivity (Wildman–Crippen MR) is 300 cm³/mol. The number of hydrogen-bond acceptors (Lipinski definition) is 1. The van der Waals surface area contributed by atoms with Gasteiger partial charge in [-0.15, -0.1) is 0 Å². The summed E-state index contributed by atoms with van der Waals surface area (Å²) in [6.45, 7) is 11.8. The predicted octanol–water partition coefficient (Wildman–Crippen LogP) is 18.1. The molecule has 71 heavy (non-hydrogen) atoms. The number of rotatable bonds is 6. The summed E-state index contributed by atoms with van der Waals surface area (Å²) in [6.07, 6.45) is 2.14. The van der Waals surface area contributed by atoms with E-state index in [4.69, 9.17) is 0 Å². The average molecular weight is 914 g/mol. The third-order valence-electron chi connectivity index (χ3n) is 15.8. The third kappa shape index (κ3) is 6.78. The molecule has 0 bridgehead atoms. The molecule has 9 aromatic carbocycles. The van der Waals surface area contributed by atoms with Crippen LogP contribution >= 0.6 is 0 Å². The van der Waals surface area contributed by atoms with Crippen molar-refractivity contribution < 1.29 is 0 Å². The molecule has 0 aliphatic heterocycles. The lowest BCUT2D eigenvalue weighted by atomic mass is 9.81. The zero-order valence-corrected chi connectivity index (χ0v) is 41.2. The first-order valence-electron chi connectivity index (χ1n) is 25.0. The highest BCUT2D eigenvalue weighted by atomic mass is 15.1. The molecule has 0 saturated carbocycles. The van der Waals surface area contributed by atoms with Crippen molar-refractivity contribution in [1.82, 2.24) is 9.13 Å². The second-order valence-electron chi connectivity index (χ2n) is 20.8. The lowest BCUT2D eigenvalue weighted by Crippen LogP contribution is -2.18. The molecule has 2 aromatic heterocycles. The lowest BCUT2D eigenvalue weighted by Gasteiger charge is -2.30. The van der Waals surface area contributed by atoms with Crippen molar-refractivity contribution in [3.8, 4) is 50.2 Å². The zero-order chi connectivity index (χ0) is 48.2. The molecule has 0 N–H and O–H groups in total. The molecular formula is C68H55N3. The van der Waals surface area contributed by atoms with Gasteiger partial charge in [-0.2, -0.15) is 0 Å². The van der Waals surface area contributed by atoms with Gasteiger partial charge in [0.15, 0.2) is 0 Å². The van der Waals surface area contributed by atoms with Crippen LogP contribution in [0.25, 0.3) is 82.9 Å². The number of fused-ring (bicyclic) bond motifs is 10. The van der Waals surface area contributed by atoms with Crippen LogP contribution < -0.4 is 4.90 Å². The topological polar surface area (TPSA) is 13.1 Å². The van der Waals surface area contributed by atoms with Gasteiger partial charge in [-0.25, -0.2) is 0 Å². The van der Waals surface area contributed by atoms with Crippen LogP contribution in [-0.2, 0) is 17.9 Å². The number of aryl methyl sites for hydroxylation is 2. The van der Waals surface area contributed by atoms with Crippen molar-refractivity contribution in [2.45, 2.75) is 45.4 Å². The quantitative estimate of drug-likeness (QED) is 0.162. The van der Waals surface area contributed by atoms with E-state index in [2.05, 4.69) is 280 Å². The minimum atomic E-state index is -0.225. The van der Waals surface area contributed by atoms with E-state index >= 15 is 0 Å². The van der Waals surface area contributed by atoms with Crippen molar-refractivity contribution in [1.29, 1.82) is 0 Å². The maximum absolute atomic E-state index is 2.46. The molecule has 342 valence electrons. The number of aromatic nitrogens is 2. The van der Waals surface area contributed by atoms with Gasteiger partial charge in [0.05, 0.1) is 11.0 Å². The molecule has 0 spiro atoms. The number of para-hydroxylation sites is 3. The first-order chi connectivity index (χ1) is 34.5. The first kappa shape index (κ1) is 42.7. The summed E-state index contributed by atoms with van der Waals surface area (Å²) in [5, 5.41) is 3.73. The van der Waals surface area contributed by atoms with E-state index in [0.717, 1.165) is 17.1 Å². The molecule has 0 atom stereocenters. The van der Waals surface area contributed by atoms with Gasteiger partial charge in [-0.1, -0.05) is 161 Å². The zero-order valence-electron chi connectivity index (χ0n) is 41.2. The van der Waals surface area contributed by atoms with Gasteiger partial charge in [0, 0.05) is 63.1 Å². The molecular weight excluding hydrogens is 859 g/mol. The Morgan fingerprint density at radius 3 is 1.52 bits per heavy atom. The van der Waals surface area contributed by atoms with E-state index in [1.54, 1.807) is 0 Å². The monoisotopic (exact) mass is 913 g/mol. The Balaban J connectivity index is 0.867. The van der Waals surface area contributed by atoms with Gasteiger partial charge < -0.3 is 14.0 Å². The molecule has 2 heterocycles. The standard InChI is InChI=1S/C68H55N3/c1-44-22-29-51(30-23-44)70(52-31-35-56-54-33-26-48(40-60(54)67(2,3)62(56)42-52)45-16-14-38-69(6)64-20-12-10-15-46(64)25-24-45)53-32-36-57-55-34-27-49(41-61(55)68(4,5)63(57)43-53)47-28-37-66-59(39-47)58-19-11-13-21-65(58)71(66)50-17-8-7-9-18-50/h7-43H,1-6H3. The molecule has 2 aliphatic carbocycles. The summed E-state index contributed by atoms with van der Waals surface area (Å²) < 4.78 is 4.58. The van der Waals surface area contributed by atoms with Crippen LogP contribution in [0.5, 0.6) is 0 Å². The van der Waals surface area contributed by atoms with Crippen molar-refractivity contribution in [2.24, 2.45) is 7.05 Å². The second-order valence-corrected chi connectivity index (χ2v) is 20.8. The maximum Gasteiger partial charge on any atom is 0.0541 e. The lowest BCUT2D eigenvalue weighted by molar-refractivity contribution is 0.660. The average Bonchev–Trinajstić information content (AvgIpc) is 3.95. The molecule has 0 saturated heterocycles. The molecule has 0 radical (unpaired) electrons. The highest BCUT2D eigenvalue weighted by Gasteiger charge is 2.38. The summed E-state index contributed by atoms with van der Waals surface area (Å²) in [7, 11) is 2.11. The summed E-state index contributed by atoms with van der Waals surface area (Å²) in [4.78, 5) is 2.46. The fourth-order valence-corrected chi connectivity index (χ4v) is 12.0. The summed E-state index contributed by atoms with van der Waals surface area (Å²) in [5.41, 5.74) is 24.6. The van der Waals surface area contributed by atoms with E-state index in [1.807, 2.05) is 0 Å². The van der Waals surface area contributed by atoms with Crippen molar-refractivity contribution >= 4 is 49.8 Å². The van der Waals surface area contributed by atoms with Crippen LogP contribution in [0.3, 0.4) is 0 Å². The van der Waals surface area contributed by atoms with Crippen LogP contribution in [0.15, 0.2) is 225 Å². The fourth-order valence-electron chi connectivity index (χ4n) is 12.0. The van der Waals surface area contributed by atoms with Crippen LogP contribution in [0.4, 0.5) is 17.1 Å². The van der Waals surface area contributed by atoms with E-state index in [-0.39, 0.29) is 10.8 Å². The Morgan fingerprint density at radius 1 is 0.366 bits per heavy atom. The van der Waals surface area contributed by atoms with Gasteiger partial charge in [0.2, 0.25) is 0 Å². The maximum atomic E-state index is 2.46. The van der Waals surface area contributed by atoms with Crippen LogP contribution in [0.1, 0.15) is 55.5 Å². The Labute approximate surface area is 416 Å².